The summed E-state index contributed by atoms with van der Waals surface area (Å²) < 4.78 is 6.55. The van der Waals surface area contributed by atoms with Crippen molar-refractivity contribution in [2.24, 2.45) is 0 Å². The molecule has 0 aliphatic carbocycles. The van der Waals surface area contributed by atoms with E-state index < -0.39 is 0 Å². The molecule has 53 heavy (non-hydrogen) atoms. The van der Waals surface area contributed by atoms with E-state index in [9.17, 15) is 0 Å². The molecule has 0 aliphatic rings. The first-order valence-corrected chi connectivity index (χ1v) is 17.6. The molecule has 0 atom stereocenters. The van der Waals surface area contributed by atoms with Gasteiger partial charge in [-0.1, -0.05) is 133 Å². The minimum atomic E-state index is 0.578. The molecule has 7 aromatic carbocycles. The summed E-state index contributed by atoms with van der Waals surface area (Å²) in [6.07, 6.45) is 3.69. The Labute approximate surface area is 305 Å². The number of aromatic nitrogens is 4. The van der Waals surface area contributed by atoms with Gasteiger partial charge in [0, 0.05) is 50.8 Å². The third-order valence-electron chi connectivity index (χ3n) is 9.80. The second-order valence-corrected chi connectivity index (χ2v) is 13.1. The summed E-state index contributed by atoms with van der Waals surface area (Å²) in [6.45, 7) is 0. The van der Waals surface area contributed by atoms with Crippen LogP contribution in [0.15, 0.2) is 187 Å². The predicted molar refractivity (Wildman–Crippen MR) is 215 cm³/mol. The Morgan fingerprint density at radius 3 is 1.79 bits per heavy atom. The van der Waals surface area contributed by atoms with E-state index in [4.69, 9.17) is 19.4 Å². The molecule has 0 amide bonds. The molecule has 3 aromatic heterocycles. The van der Waals surface area contributed by atoms with Gasteiger partial charge in [0.05, 0.1) is 0 Å². The molecule has 10 rings (SSSR count). The van der Waals surface area contributed by atoms with Crippen molar-refractivity contribution in [3.8, 4) is 67.5 Å². The van der Waals surface area contributed by atoms with E-state index >= 15 is 0 Å². The van der Waals surface area contributed by atoms with Crippen molar-refractivity contribution in [2.75, 3.05) is 0 Å². The molecule has 0 unspecified atom stereocenters. The van der Waals surface area contributed by atoms with E-state index in [-0.39, 0.29) is 0 Å². The fourth-order valence-corrected chi connectivity index (χ4v) is 7.21. The molecule has 0 radical (unpaired) electrons. The summed E-state index contributed by atoms with van der Waals surface area (Å²) >= 11 is 0. The van der Waals surface area contributed by atoms with Gasteiger partial charge in [0.15, 0.2) is 17.5 Å². The summed E-state index contributed by atoms with van der Waals surface area (Å²) in [5.74, 6) is 1.77. The van der Waals surface area contributed by atoms with Crippen molar-refractivity contribution in [1.82, 2.24) is 19.9 Å². The zero-order chi connectivity index (χ0) is 35.1. The van der Waals surface area contributed by atoms with Crippen LogP contribution in [0.1, 0.15) is 0 Å². The number of nitrogens with zero attached hydrogens (tertiary/aromatic N) is 4. The van der Waals surface area contributed by atoms with Crippen LogP contribution in [0.4, 0.5) is 0 Å². The lowest BCUT2D eigenvalue weighted by Crippen LogP contribution is -2.01. The third-order valence-corrected chi connectivity index (χ3v) is 9.80. The summed E-state index contributed by atoms with van der Waals surface area (Å²) in [7, 11) is 0. The van der Waals surface area contributed by atoms with Crippen molar-refractivity contribution in [2.45, 2.75) is 0 Å². The molecule has 5 heteroatoms. The molecule has 0 N–H and O–H groups in total. The lowest BCUT2D eigenvalue weighted by Gasteiger charge is -2.14. The Bertz CT molecular complexity index is 2950. The monoisotopic (exact) mass is 678 g/mol. The predicted octanol–water partition coefficient (Wildman–Crippen LogP) is 12.3. The van der Waals surface area contributed by atoms with Crippen molar-refractivity contribution >= 4 is 32.7 Å². The first-order chi connectivity index (χ1) is 26.2. The van der Waals surface area contributed by atoms with E-state index in [1.165, 1.54) is 0 Å². The first-order valence-electron chi connectivity index (χ1n) is 17.6. The van der Waals surface area contributed by atoms with E-state index in [2.05, 4.69) is 114 Å². The molecule has 248 valence electrons. The fourth-order valence-electron chi connectivity index (χ4n) is 7.21. The van der Waals surface area contributed by atoms with Gasteiger partial charge < -0.3 is 4.42 Å². The Morgan fingerprint density at radius 1 is 0.358 bits per heavy atom. The molecule has 0 saturated carbocycles. The van der Waals surface area contributed by atoms with Gasteiger partial charge in [-0.15, -0.1) is 0 Å². The highest BCUT2D eigenvalue weighted by Gasteiger charge is 2.18. The lowest BCUT2D eigenvalue weighted by molar-refractivity contribution is 0.670. The molecular weight excluding hydrogens is 649 g/mol. The number of rotatable bonds is 6. The minimum Gasteiger partial charge on any atom is -0.455 e. The van der Waals surface area contributed by atoms with Gasteiger partial charge in [-0.2, -0.15) is 0 Å². The van der Waals surface area contributed by atoms with Crippen LogP contribution in [-0.4, -0.2) is 19.9 Å². The van der Waals surface area contributed by atoms with E-state index in [0.29, 0.717) is 17.5 Å². The molecule has 5 nitrogen and oxygen atoms in total. The molecule has 3 heterocycles. The largest absolute Gasteiger partial charge is 0.455 e. The third kappa shape index (κ3) is 5.61. The van der Waals surface area contributed by atoms with E-state index in [1.54, 1.807) is 0 Å². The summed E-state index contributed by atoms with van der Waals surface area (Å²) in [5.41, 5.74) is 10.8. The number of fused-ring (bicyclic) bond motifs is 4. The van der Waals surface area contributed by atoms with Gasteiger partial charge in [0.2, 0.25) is 0 Å². The number of hydrogen-bond donors (Lipinski definition) is 0. The zero-order valence-corrected chi connectivity index (χ0v) is 28.5. The number of benzene rings is 7. The molecule has 0 spiro atoms. The average Bonchev–Trinajstić information content (AvgIpc) is 3.63. The van der Waals surface area contributed by atoms with Crippen LogP contribution < -0.4 is 0 Å². The highest BCUT2D eigenvalue weighted by Crippen LogP contribution is 2.40. The summed E-state index contributed by atoms with van der Waals surface area (Å²) in [5, 5.41) is 4.22. The Kier molecular flexibility index (Phi) is 7.40. The molecule has 10 aromatic rings. The van der Waals surface area contributed by atoms with Crippen LogP contribution in [-0.2, 0) is 0 Å². The standard InChI is InChI=1S/C48H30N4O/c1-3-12-31(13-4-1)34-17-9-18-35(26-34)36-27-37(39-20-11-21-41-40-19-7-8-23-44(40)53-45(39)41)29-38(28-36)47-50-46(33-14-5-2-6-15-33)51-48(52-47)42-22-10-16-32-24-25-49-30-43(32)42/h1-30H. The van der Waals surface area contributed by atoms with Gasteiger partial charge in [-0.25, -0.2) is 15.0 Å². The van der Waals surface area contributed by atoms with Crippen LogP contribution >= 0.6 is 0 Å². The van der Waals surface area contributed by atoms with Crippen molar-refractivity contribution < 1.29 is 4.42 Å². The first kappa shape index (κ1) is 30.6. The van der Waals surface area contributed by atoms with Crippen LogP contribution in [0.2, 0.25) is 0 Å². The normalized spacial score (nSPS) is 11.4. The maximum atomic E-state index is 6.55. The van der Waals surface area contributed by atoms with Crippen molar-refractivity contribution in [3.63, 3.8) is 0 Å². The zero-order valence-electron chi connectivity index (χ0n) is 28.5. The minimum absolute atomic E-state index is 0.578. The molecule has 0 aliphatic heterocycles. The lowest BCUT2D eigenvalue weighted by atomic mass is 9.93. The highest BCUT2D eigenvalue weighted by molar-refractivity contribution is 6.10. The number of hydrogen-bond acceptors (Lipinski definition) is 5. The Hall–Kier alpha value is -7.24. The number of pyridine rings is 1. The molecule has 0 saturated heterocycles. The van der Waals surface area contributed by atoms with Gasteiger partial charge in [-0.05, 0) is 69.6 Å². The van der Waals surface area contributed by atoms with Crippen molar-refractivity contribution in [1.29, 1.82) is 0 Å². The van der Waals surface area contributed by atoms with Crippen molar-refractivity contribution in [3.05, 3.63) is 182 Å². The quantitative estimate of drug-likeness (QED) is 0.175. The van der Waals surface area contributed by atoms with Gasteiger partial charge in [-0.3, -0.25) is 4.98 Å². The summed E-state index contributed by atoms with van der Waals surface area (Å²) in [4.78, 5) is 19.9. The van der Waals surface area contributed by atoms with E-state index in [1.807, 2.05) is 73.1 Å². The SMILES string of the molecule is c1ccc(-c2cccc(-c3cc(-c4nc(-c5ccccc5)nc(-c5cccc6ccncc56)n4)cc(-c4cccc5c4oc4ccccc45)c3)c2)cc1. The topological polar surface area (TPSA) is 64.7 Å². The van der Waals surface area contributed by atoms with E-state index in [0.717, 1.165) is 82.8 Å². The maximum absolute atomic E-state index is 6.55. The second kappa shape index (κ2) is 12.8. The summed E-state index contributed by atoms with van der Waals surface area (Å²) in [6, 6.07) is 58.6. The van der Waals surface area contributed by atoms with Crippen LogP contribution in [0.25, 0.3) is 100 Å². The molecular formula is C48H30N4O. The maximum Gasteiger partial charge on any atom is 0.164 e. The van der Waals surface area contributed by atoms with Gasteiger partial charge in [0.1, 0.15) is 11.2 Å². The molecule has 0 fully saturated rings. The number of furan rings is 1. The van der Waals surface area contributed by atoms with Crippen LogP contribution in [0.3, 0.4) is 0 Å². The van der Waals surface area contributed by atoms with Gasteiger partial charge >= 0.3 is 0 Å². The Morgan fingerprint density at radius 2 is 0.943 bits per heavy atom. The average molecular weight is 679 g/mol. The molecule has 0 bridgehead atoms. The smallest absolute Gasteiger partial charge is 0.164 e. The fraction of sp³-hybridized carbons (Fsp3) is 0. The van der Waals surface area contributed by atoms with Crippen LogP contribution in [0.5, 0.6) is 0 Å². The highest BCUT2D eigenvalue weighted by atomic mass is 16.3. The van der Waals surface area contributed by atoms with Crippen LogP contribution in [0, 0.1) is 0 Å². The Balaban J connectivity index is 1.23. The number of para-hydroxylation sites is 2. The second-order valence-electron chi connectivity index (χ2n) is 13.1. The van der Waals surface area contributed by atoms with Gasteiger partial charge in [0.25, 0.3) is 0 Å².